The van der Waals surface area contributed by atoms with E-state index in [1.807, 2.05) is 4.90 Å². The fourth-order valence-corrected chi connectivity index (χ4v) is 3.96. The molecule has 4 heteroatoms. The molecule has 2 fully saturated rings. The molecular weight excluding hydrogens is 298 g/mol. The smallest absolute Gasteiger partial charge is 0.219 e. The quantitative estimate of drug-likeness (QED) is 0.922. The zero-order valence-corrected chi connectivity index (χ0v) is 15.1. The number of benzene rings is 1. The topological polar surface area (TPSA) is 35.6 Å². The van der Waals surface area contributed by atoms with Crippen molar-refractivity contribution >= 4 is 11.6 Å². The van der Waals surface area contributed by atoms with Crippen LogP contribution in [0.1, 0.15) is 45.1 Å². The van der Waals surface area contributed by atoms with Gasteiger partial charge in [-0.05, 0) is 49.3 Å². The highest BCUT2D eigenvalue weighted by Gasteiger charge is 2.26. The van der Waals surface area contributed by atoms with Gasteiger partial charge in [-0.1, -0.05) is 19.1 Å². The van der Waals surface area contributed by atoms with Crippen LogP contribution in [-0.4, -0.2) is 43.0 Å². The molecule has 1 aromatic carbocycles. The molecule has 2 aliphatic rings. The maximum Gasteiger partial charge on any atom is 0.219 e. The molecule has 2 aliphatic heterocycles. The first kappa shape index (κ1) is 17.3. The lowest BCUT2D eigenvalue weighted by Crippen LogP contribution is -2.49. The summed E-state index contributed by atoms with van der Waals surface area (Å²) < 4.78 is 0. The number of carbonyl (C=O) groups excluding carboxylic acids is 1. The van der Waals surface area contributed by atoms with Gasteiger partial charge in [0.15, 0.2) is 0 Å². The molecule has 4 nitrogen and oxygen atoms in total. The first-order valence-corrected chi connectivity index (χ1v) is 9.46. The SMILES string of the molecule is CC(=O)N1CC[C@H](NCc2ccc(N3CCCCC3)cc2)[C@H](C)C1. The summed E-state index contributed by atoms with van der Waals surface area (Å²) in [4.78, 5) is 16.0. The monoisotopic (exact) mass is 329 g/mol. The Balaban J connectivity index is 1.49. The van der Waals surface area contributed by atoms with Crippen LogP contribution < -0.4 is 10.2 Å². The second kappa shape index (κ2) is 8.02. The molecule has 1 N–H and O–H groups in total. The van der Waals surface area contributed by atoms with Gasteiger partial charge in [0.05, 0.1) is 0 Å². The summed E-state index contributed by atoms with van der Waals surface area (Å²) in [6, 6.07) is 9.55. The molecule has 132 valence electrons. The average Bonchev–Trinajstić information content (AvgIpc) is 2.62. The minimum absolute atomic E-state index is 0.202. The van der Waals surface area contributed by atoms with E-state index >= 15 is 0 Å². The van der Waals surface area contributed by atoms with Gasteiger partial charge in [-0.2, -0.15) is 0 Å². The van der Waals surface area contributed by atoms with E-state index in [2.05, 4.69) is 41.4 Å². The molecule has 0 aliphatic carbocycles. The number of hydrogen-bond acceptors (Lipinski definition) is 3. The molecule has 3 rings (SSSR count). The van der Waals surface area contributed by atoms with Crippen molar-refractivity contribution in [3.05, 3.63) is 29.8 Å². The van der Waals surface area contributed by atoms with E-state index in [1.54, 1.807) is 6.92 Å². The number of carbonyl (C=O) groups is 1. The van der Waals surface area contributed by atoms with Gasteiger partial charge in [0.2, 0.25) is 5.91 Å². The maximum absolute atomic E-state index is 11.5. The van der Waals surface area contributed by atoms with Crippen molar-refractivity contribution in [2.45, 2.75) is 52.1 Å². The molecule has 2 heterocycles. The summed E-state index contributed by atoms with van der Waals surface area (Å²) in [7, 11) is 0. The molecule has 2 atom stereocenters. The number of hydrogen-bond donors (Lipinski definition) is 1. The van der Waals surface area contributed by atoms with E-state index < -0.39 is 0 Å². The zero-order chi connectivity index (χ0) is 16.9. The lowest BCUT2D eigenvalue weighted by Gasteiger charge is -2.37. The van der Waals surface area contributed by atoms with Gasteiger partial charge in [-0.3, -0.25) is 4.79 Å². The van der Waals surface area contributed by atoms with E-state index in [0.29, 0.717) is 12.0 Å². The molecule has 2 saturated heterocycles. The normalized spacial score (nSPS) is 24.9. The molecule has 0 radical (unpaired) electrons. The lowest BCUT2D eigenvalue weighted by atomic mass is 9.93. The third-order valence-electron chi connectivity index (χ3n) is 5.58. The van der Waals surface area contributed by atoms with Crippen LogP contribution in [0.15, 0.2) is 24.3 Å². The van der Waals surface area contributed by atoms with E-state index in [9.17, 15) is 4.79 Å². The molecule has 0 spiro atoms. The van der Waals surface area contributed by atoms with Gasteiger partial charge in [-0.15, -0.1) is 0 Å². The molecular formula is C20H31N3O. The van der Waals surface area contributed by atoms with Gasteiger partial charge in [0.1, 0.15) is 0 Å². The molecule has 1 amide bonds. The fraction of sp³-hybridized carbons (Fsp3) is 0.650. The minimum Gasteiger partial charge on any atom is -0.372 e. The zero-order valence-electron chi connectivity index (χ0n) is 15.1. The molecule has 0 aromatic heterocycles. The standard InChI is InChI=1S/C20H31N3O/c1-16-15-23(17(2)24)13-10-20(16)21-14-18-6-8-19(9-7-18)22-11-4-3-5-12-22/h6-9,16,20-21H,3-5,10-15H2,1-2H3/t16-,20+/m1/s1. The highest BCUT2D eigenvalue weighted by molar-refractivity contribution is 5.73. The third kappa shape index (κ3) is 4.29. The Morgan fingerprint density at radius 3 is 2.46 bits per heavy atom. The number of anilines is 1. The van der Waals surface area contributed by atoms with Crippen molar-refractivity contribution in [2.75, 3.05) is 31.1 Å². The highest BCUT2D eigenvalue weighted by Crippen LogP contribution is 2.21. The van der Waals surface area contributed by atoms with Gasteiger partial charge in [0.25, 0.3) is 0 Å². The Morgan fingerprint density at radius 2 is 1.83 bits per heavy atom. The van der Waals surface area contributed by atoms with Crippen LogP contribution in [0.2, 0.25) is 0 Å². The van der Waals surface area contributed by atoms with Crippen molar-refractivity contribution in [2.24, 2.45) is 5.92 Å². The average molecular weight is 329 g/mol. The summed E-state index contributed by atoms with van der Waals surface area (Å²) in [6.07, 6.45) is 5.06. The van der Waals surface area contributed by atoms with E-state index in [-0.39, 0.29) is 5.91 Å². The number of nitrogens with one attached hydrogen (secondary N) is 1. The molecule has 0 bridgehead atoms. The Bertz CT molecular complexity index is 536. The van der Waals surface area contributed by atoms with Crippen LogP contribution in [0, 0.1) is 5.92 Å². The van der Waals surface area contributed by atoms with Crippen LogP contribution in [0.25, 0.3) is 0 Å². The number of nitrogens with zero attached hydrogens (tertiary/aromatic N) is 2. The Morgan fingerprint density at radius 1 is 1.12 bits per heavy atom. The van der Waals surface area contributed by atoms with Crippen molar-refractivity contribution in [1.82, 2.24) is 10.2 Å². The predicted octanol–water partition coefficient (Wildman–Crippen LogP) is 3.02. The molecule has 0 saturated carbocycles. The summed E-state index contributed by atoms with van der Waals surface area (Å²) in [5.41, 5.74) is 2.71. The maximum atomic E-state index is 11.5. The van der Waals surface area contributed by atoms with E-state index in [4.69, 9.17) is 0 Å². The Hall–Kier alpha value is -1.55. The molecule has 24 heavy (non-hydrogen) atoms. The Labute approximate surface area is 146 Å². The number of piperidine rings is 2. The summed E-state index contributed by atoms with van der Waals surface area (Å²) in [5.74, 6) is 0.712. The van der Waals surface area contributed by atoms with Gasteiger partial charge in [-0.25, -0.2) is 0 Å². The Kier molecular flexibility index (Phi) is 5.77. The lowest BCUT2D eigenvalue weighted by molar-refractivity contribution is -0.130. The van der Waals surface area contributed by atoms with Crippen molar-refractivity contribution in [3.8, 4) is 0 Å². The van der Waals surface area contributed by atoms with Crippen molar-refractivity contribution in [1.29, 1.82) is 0 Å². The first-order valence-electron chi connectivity index (χ1n) is 9.46. The number of amides is 1. The third-order valence-corrected chi connectivity index (χ3v) is 5.58. The van der Waals surface area contributed by atoms with Crippen LogP contribution in [0.3, 0.4) is 0 Å². The number of likely N-dealkylation sites (tertiary alicyclic amines) is 1. The van der Waals surface area contributed by atoms with Crippen LogP contribution >= 0.6 is 0 Å². The van der Waals surface area contributed by atoms with Crippen molar-refractivity contribution in [3.63, 3.8) is 0 Å². The van der Waals surface area contributed by atoms with Gasteiger partial charge in [0, 0.05) is 51.4 Å². The molecule has 0 unspecified atom stereocenters. The van der Waals surface area contributed by atoms with Crippen LogP contribution in [-0.2, 0) is 11.3 Å². The minimum atomic E-state index is 0.202. The largest absolute Gasteiger partial charge is 0.372 e. The fourth-order valence-electron chi connectivity index (χ4n) is 3.96. The van der Waals surface area contributed by atoms with Gasteiger partial charge >= 0.3 is 0 Å². The molecule has 1 aromatic rings. The second-order valence-electron chi connectivity index (χ2n) is 7.43. The van der Waals surface area contributed by atoms with Crippen LogP contribution in [0.5, 0.6) is 0 Å². The summed E-state index contributed by atoms with van der Waals surface area (Å²) in [6.45, 7) is 8.98. The predicted molar refractivity (Wildman–Crippen MR) is 99.2 cm³/mol. The van der Waals surface area contributed by atoms with Gasteiger partial charge < -0.3 is 15.1 Å². The van der Waals surface area contributed by atoms with Crippen molar-refractivity contribution < 1.29 is 4.79 Å². The second-order valence-corrected chi connectivity index (χ2v) is 7.43. The summed E-state index contributed by atoms with van der Waals surface area (Å²) in [5, 5.41) is 3.69. The number of rotatable bonds is 4. The van der Waals surface area contributed by atoms with E-state index in [0.717, 1.165) is 26.1 Å². The van der Waals surface area contributed by atoms with Crippen LogP contribution in [0.4, 0.5) is 5.69 Å². The highest BCUT2D eigenvalue weighted by atomic mass is 16.2. The van der Waals surface area contributed by atoms with E-state index in [1.165, 1.54) is 43.6 Å². The first-order chi connectivity index (χ1) is 11.6. The summed E-state index contributed by atoms with van der Waals surface area (Å²) >= 11 is 0.